The lowest BCUT2D eigenvalue weighted by molar-refractivity contribution is 0.794. The van der Waals surface area contributed by atoms with Crippen molar-refractivity contribution in [2.24, 2.45) is 0 Å². The van der Waals surface area contributed by atoms with Crippen LogP contribution in [0.5, 0.6) is 0 Å². The van der Waals surface area contributed by atoms with Crippen LogP contribution in [0.1, 0.15) is 94.6 Å². The lowest BCUT2D eigenvalue weighted by Gasteiger charge is -2.44. The van der Waals surface area contributed by atoms with E-state index in [4.69, 9.17) is 0 Å². The molecule has 4 nitrogen and oxygen atoms in total. The predicted octanol–water partition coefficient (Wildman–Crippen LogP) is 30.9. The van der Waals surface area contributed by atoms with Gasteiger partial charge in [-0.25, -0.2) is 0 Å². The van der Waals surface area contributed by atoms with E-state index in [-0.39, 0.29) is 13.4 Å². The number of benzene rings is 23. The summed E-state index contributed by atoms with van der Waals surface area (Å²) in [5.74, 6) is 0. The maximum Gasteiger partial charge on any atom is 0.252 e. The number of aryl methyl sites for hydroxylation is 1. The van der Waals surface area contributed by atoms with E-state index in [1.54, 1.807) is 0 Å². The molecule has 686 valence electrons. The number of rotatable bonds is 5. The van der Waals surface area contributed by atoms with Crippen LogP contribution in [0.3, 0.4) is 0 Å². The molecule has 0 saturated heterocycles. The van der Waals surface area contributed by atoms with Gasteiger partial charge in [0.1, 0.15) is 0 Å². The van der Waals surface area contributed by atoms with Crippen molar-refractivity contribution in [3.05, 3.63) is 610 Å². The molecule has 0 unspecified atom stereocenters. The Kier molecular flexibility index (Phi) is 16.4. The number of hydrogen-bond donors (Lipinski definition) is 0. The van der Waals surface area contributed by atoms with Crippen molar-refractivity contribution in [2.45, 2.75) is 28.6 Å². The molecule has 0 bridgehead atoms. The minimum absolute atomic E-state index is 0.0154. The second-order valence-corrected chi connectivity index (χ2v) is 42.4. The zero-order chi connectivity index (χ0) is 97.2. The topological polar surface area (TPSA) is 13.0 Å². The Morgan fingerprint density at radius 2 is 0.349 bits per heavy atom. The summed E-state index contributed by atoms with van der Waals surface area (Å²) in [5.41, 5.74) is 67.0. The molecular weight excluding hydrogens is 1800 g/mol. The number of anilines is 12. The lowest BCUT2D eigenvalue weighted by atomic mass is 9.33. The minimum Gasteiger partial charge on any atom is -0.311 e. The normalized spacial score (nSPS) is 15.0. The van der Waals surface area contributed by atoms with E-state index in [0.29, 0.717) is 0 Å². The van der Waals surface area contributed by atoms with Crippen molar-refractivity contribution in [3.8, 4) is 100 Å². The second kappa shape index (κ2) is 29.8. The van der Waals surface area contributed by atoms with Crippen molar-refractivity contribution < 1.29 is 0 Å². The van der Waals surface area contributed by atoms with Crippen molar-refractivity contribution in [1.82, 2.24) is 0 Å². The summed E-state index contributed by atoms with van der Waals surface area (Å²) in [6.07, 6.45) is 0. The Hall–Kier alpha value is -18.6. The second-order valence-electron chi connectivity index (χ2n) is 42.4. The highest BCUT2D eigenvalue weighted by Crippen LogP contribution is 2.70. The Morgan fingerprint density at radius 1 is 0.141 bits per heavy atom. The molecule has 8 aliphatic carbocycles. The van der Waals surface area contributed by atoms with Gasteiger partial charge in [-0.1, -0.05) is 424 Å². The highest BCUT2D eigenvalue weighted by molar-refractivity contribution is 7.01. The minimum atomic E-state index is -0.413. The van der Waals surface area contributed by atoms with E-state index in [2.05, 4.69) is 542 Å². The molecule has 149 heavy (non-hydrogen) atoms. The van der Waals surface area contributed by atoms with Crippen LogP contribution >= 0.6 is 0 Å². The maximum absolute atomic E-state index is 2.58. The molecule has 23 aromatic carbocycles. The van der Waals surface area contributed by atoms with Gasteiger partial charge in [0.25, 0.3) is 13.4 Å². The lowest BCUT2D eigenvalue weighted by Crippen LogP contribution is -2.61. The van der Waals surface area contributed by atoms with Gasteiger partial charge in [-0.15, -0.1) is 0 Å². The van der Waals surface area contributed by atoms with E-state index in [9.17, 15) is 0 Å². The molecule has 12 aliphatic rings. The van der Waals surface area contributed by atoms with Gasteiger partial charge >= 0.3 is 0 Å². The number of fused-ring (bicyclic) bond motifs is 48. The van der Waals surface area contributed by atoms with Crippen LogP contribution in [-0.4, -0.2) is 13.4 Å². The molecule has 6 heteroatoms. The van der Waals surface area contributed by atoms with Crippen molar-refractivity contribution in [1.29, 1.82) is 0 Å². The largest absolute Gasteiger partial charge is 0.311 e. The van der Waals surface area contributed by atoms with Crippen molar-refractivity contribution >= 4 is 114 Å². The molecule has 0 fully saturated rings. The monoisotopic (exact) mass is 1880 g/mol. The first-order valence-corrected chi connectivity index (χ1v) is 52.6. The third kappa shape index (κ3) is 10.2. The van der Waals surface area contributed by atoms with Crippen LogP contribution in [0.15, 0.2) is 516 Å². The summed E-state index contributed by atoms with van der Waals surface area (Å²) in [4.78, 5) is 10.3. The fraction of sp³-hybridized carbons (Fsp3) is 0.0350. The molecule has 23 aromatic rings. The van der Waals surface area contributed by atoms with Gasteiger partial charge in [-0.3, -0.25) is 0 Å². The van der Waals surface area contributed by atoms with Crippen LogP contribution in [0.4, 0.5) is 68.2 Å². The van der Waals surface area contributed by atoms with Gasteiger partial charge in [0.15, 0.2) is 0 Å². The van der Waals surface area contributed by atoms with Crippen LogP contribution in [0, 0.1) is 6.92 Å². The third-order valence-electron chi connectivity index (χ3n) is 36.0. The zero-order valence-electron chi connectivity index (χ0n) is 81.5. The van der Waals surface area contributed by atoms with Crippen LogP contribution in [0.25, 0.3) is 100 Å². The summed E-state index contributed by atoms with van der Waals surface area (Å²) in [5, 5.41) is 0. The first-order valence-electron chi connectivity index (χ1n) is 52.6. The number of nitrogens with zero attached hydrogens (tertiary/aromatic N) is 4. The van der Waals surface area contributed by atoms with E-state index in [0.717, 1.165) is 17.1 Å². The molecule has 0 radical (unpaired) electrons. The SMILES string of the molecule is Cc1ccc2c(c1)B1c3ccccc3N(c3ccc4c(c3)-c3ccccc3C43c4ccccc4-c4ccccc43)c3cccc(c31)N2c1ccc2c(c1)-c1ccccc1C21c2ccccc2-c2ccccc21.c1ccc(-c2ccc3c(c2)B2c4ccccc4N(c4ccc5c(c4)-c4ccccc4C54c5ccccc5-c5ccccc54)c4cccc(c42)N3c2ccc3c(c2)-c2ccccc2C32c3ccccc3-c3ccccc32)cc1. The highest BCUT2D eigenvalue weighted by Gasteiger charge is 2.58. The van der Waals surface area contributed by atoms with E-state index < -0.39 is 21.7 Å². The Labute approximate surface area is 866 Å². The number of hydrogen-bond acceptors (Lipinski definition) is 4. The van der Waals surface area contributed by atoms with E-state index in [1.807, 2.05) is 0 Å². The third-order valence-corrected chi connectivity index (χ3v) is 36.0. The Bertz CT molecular complexity index is 9720. The molecule has 4 aliphatic heterocycles. The molecule has 0 aromatic heterocycles. The van der Waals surface area contributed by atoms with Gasteiger partial charge in [0, 0.05) is 68.2 Å². The fourth-order valence-electron chi connectivity index (χ4n) is 30.7. The molecule has 4 spiro atoms. The standard InChI is InChI=1S/C74H45BN2.C69H43BN2/c1-2-19-46(20-3-1)47-37-42-69-67(43-47)75-66-33-16-17-34-68(66)76(48-38-40-64-56(44-48)54-25-8-14-31-62(54)73(64)58-27-10-4-21-50(58)51-22-5-11-28-59(51)73)70-35-18-36-71(72(70)75)77(69)49-39-41-65-57(45-49)55-26-9-15-32-63(55)74(65)60-29-12-6-23-52(60)53-24-7-13-30-61(53)74;1-42-33-38-64-62(39-42)70-61-29-14-15-30-63(61)71(43-34-36-59-51(40-43)49-21-6-12-27-57(49)68(59)53-23-8-2-17-45(53)46-18-3-9-24-54(46)68)65-31-16-32-66(67(65)70)72(64)44-35-37-60-52(41-44)50-22-7-13-28-58(50)69(60)55-25-10-4-19-47(55)48-20-5-11-26-56(48)69/h1-45H;2-41H,1H3. The zero-order valence-corrected chi connectivity index (χ0v) is 81.5. The summed E-state index contributed by atoms with van der Waals surface area (Å²) in [7, 11) is 0. The molecule has 0 N–H and O–H groups in total. The van der Waals surface area contributed by atoms with Crippen LogP contribution < -0.4 is 52.4 Å². The molecule has 0 saturated carbocycles. The maximum atomic E-state index is 2.58. The van der Waals surface area contributed by atoms with Gasteiger partial charge in [-0.2, -0.15) is 0 Å². The molecule has 0 amide bonds. The van der Waals surface area contributed by atoms with Crippen LogP contribution in [0.2, 0.25) is 0 Å². The molecule has 35 rings (SSSR count). The Morgan fingerprint density at radius 3 is 0.624 bits per heavy atom. The molecule has 0 atom stereocenters. The van der Waals surface area contributed by atoms with Gasteiger partial charge < -0.3 is 19.6 Å². The Balaban J connectivity index is 0.000000127. The average molecular weight is 1880 g/mol. The van der Waals surface area contributed by atoms with Crippen molar-refractivity contribution in [3.63, 3.8) is 0 Å². The molecule has 4 heterocycles. The highest BCUT2D eigenvalue weighted by atomic mass is 15.2. The predicted molar refractivity (Wildman–Crippen MR) is 616 cm³/mol. The fourth-order valence-corrected chi connectivity index (χ4v) is 30.7. The van der Waals surface area contributed by atoms with E-state index >= 15 is 0 Å². The first kappa shape index (κ1) is 81.8. The summed E-state index contributed by atoms with van der Waals surface area (Å²) in [6, 6.07) is 196. The molecular formula is C143H88B2N4. The summed E-state index contributed by atoms with van der Waals surface area (Å²) in [6.45, 7) is 2.27. The average Bonchev–Trinajstić information content (AvgIpc) is 1.49. The van der Waals surface area contributed by atoms with E-state index in [1.165, 1.54) is 279 Å². The summed E-state index contributed by atoms with van der Waals surface area (Å²) >= 11 is 0. The van der Waals surface area contributed by atoms with Gasteiger partial charge in [0.05, 0.1) is 21.7 Å². The van der Waals surface area contributed by atoms with Gasteiger partial charge in [0.2, 0.25) is 0 Å². The first-order chi connectivity index (χ1) is 73.9. The van der Waals surface area contributed by atoms with Crippen LogP contribution in [-0.2, 0) is 21.7 Å². The number of para-hydroxylation sites is 2. The quantitative estimate of drug-likeness (QED) is 0.159. The smallest absolute Gasteiger partial charge is 0.252 e. The van der Waals surface area contributed by atoms with Crippen molar-refractivity contribution in [2.75, 3.05) is 19.6 Å². The van der Waals surface area contributed by atoms with Gasteiger partial charge in [-0.05, 0) is 326 Å². The summed E-state index contributed by atoms with van der Waals surface area (Å²) < 4.78 is 0.